The molecule has 0 bridgehead atoms. The fraction of sp³-hybridized carbons (Fsp3) is 0.417. The van der Waals surface area contributed by atoms with E-state index in [1.807, 2.05) is 24.3 Å². The second-order valence-corrected chi connectivity index (χ2v) is 4.15. The van der Waals surface area contributed by atoms with Gasteiger partial charge in [0.1, 0.15) is 5.52 Å². The number of rotatable bonds is 3. The Morgan fingerprint density at radius 2 is 2.38 bits per heavy atom. The number of nitrogens with one attached hydrogen (secondary N) is 2. The third kappa shape index (κ3) is 1.94. The first-order valence-electron chi connectivity index (χ1n) is 5.70. The lowest BCUT2D eigenvalue weighted by Crippen LogP contribution is -2.30. The molecule has 0 saturated carbocycles. The van der Waals surface area contributed by atoms with Crippen LogP contribution in [-0.4, -0.2) is 24.1 Å². The van der Waals surface area contributed by atoms with E-state index in [0.29, 0.717) is 12.6 Å². The van der Waals surface area contributed by atoms with Gasteiger partial charge in [0.05, 0.1) is 6.54 Å². The number of fused-ring (bicyclic) bond motifs is 1. The van der Waals surface area contributed by atoms with Gasteiger partial charge in [0, 0.05) is 12.6 Å². The van der Waals surface area contributed by atoms with E-state index in [4.69, 9.17) is 4.42 Å². The van der Waals surface area contributed by atoms with Crippen LogP contribution in [0.5, 0.6) is 0 Å². The number of hydrogen-bond donors (Lipinski definition) is 2. The average Bonchev–Trinajstić information content (AvgIpc) is 2.95. The molecule has 0 amide bonds. The van der Waals surface area contributed by atoms with E-state index < -0.39 is 0 Å². The number of oxazole rings is 1. The second kappa shape index (κ2) is 4.23. The number of hydrogen-bond acceptors (Lipinski definition) is 4. The molecule has 2 heterocycles. The molecule has 1 fully saturated rings. The van der Waals surface area contributed by atoms with Crippen molar-refractivity contribution in [1.82, 2.24) is 15.6 Å². The molecule has 84 valence electrons. The van der Waals surface area contributed by atoms with Crippen LogP contribution < -0.4 is 10.6 Å². The van der Waals surface area contributed by atoms with E-state index in [0.717, 1.165) is 30.1 Å². The predicted octanol–water partition coefficient (Wildman–Crippen LogP) is 1.28. The Hall–Kier alpha value is -1.39. The molecule has 4 heteroatoms. The minimum Gasteiger partial charge on any atom is -0.439 e. The normalized spacial score (nSPS) is 20.6. The summed E-state index contributed by atoms with van der Waals surface area (Å²) in [5.41, 5.74) is 1.80. The minimum absolute atomic E-state index is 0.551. The maximum absolute atomic E-state index is 5.63. The molecular formula is C12H15N3O. The van der Waals surface area contributed by atoms with Crippen LogP contribution in [0.3, 0.4) is 0 Å². The Balaban J connectivity index is 1.69. The third-order valence-electron chi connectivity index (χ3n) is 2.94. The van der Waals surface area contributed by atoms with Crippen LogP contribution in [0, 0.1) is 0 Å². The van der Waals surface area contributed by atoms with Crippen molar-refractivity contribution < 1.29 is 4.42 Å². The number of benzene rings is 1. The smallest absolute Gasteiger partial charge is 0.209 e. The van der Waals surface area contributed by atoms with Gasteiger partial charge in [-0.1, -0.05) is 12.1 Å². The van der Waals surface area contributed by atoms with Crippen LogP contribution in [0.15, 0.2) is 28.7 Å². The Bertz CT molecular complexity index is 441. The van der Waals surface area contributed by atoms with Crippen LogP contribution >= 0.6 is 0 Å². The van der Waals surface area contributed by atoms with Crippen LogP contribution in [0.25, 0.3) is 11.1 Å². The van der Waals surface area contributed by atoms with Gasteiger partial charge in [-0.15, -0.1) is 0 Å². The highest BCUT2D eigenvalue weighted by Gasteiger charge is 2.14. The molecule has 16 heavy (non-hydrogen) atoms. The first-order chi connectivity index (χ1) is 7.92. The molecule has 0 spiro atoms. The molecule has 1 aliphatic heterocycles. The van der Waals surface area contributed by atoms with Crippen molar-refractivity contribution >= 4 is 11.1 Å². The van der Waals surface area contributed by atoms with E-state index >= 15 is 0 Å². The summed E-state index contributed by atoms with van der Waals surface area (Å²) < 4.78 is 5.63. The molecular weight excluding hydrogens is 202 g/mol. The van der Waals surface area contributed by atoms with Crippen molar-refractivity contribution in [1.29, 1.82) is 0 Å². The lowest BCUT2D eigenvalue weighted by Gasteiger charge is -2.07. The summed E-state index contributed by atoms with van der Waals surface area (Å²) in [6.07, 6.45) is 1.18. The maximum atomic E-state index is 5.63. The zero-order chi connectivity index (χ0) is 10.8. The van der Waals surface area contributed by atoms with E-state index in [1.165, 1.54) is 6.42 Å². The van der Waals surface area contributed by atoms with Crippen LogP contribution in [-0.2, 0) is 6.54 Å². The summed E-state index contributed by atoms with van der Waals surface area (Å²) >= 11 is 0. The van der Waals surface area contributed by atoms with Gasteiger partial charge in [0.15, 0.2) is 5.58 Å². The molecule has 0 unspecified atom stereocenters. The molecule has 1 saturated heterocycles. The molecule has 1 aromatic heterocycles. The average molecular weight is 217 g/mol. The van der Waals surface area contributed by atoms with Crippen LogP contribution in [0.4, 0.5) is 0 Å². The topological polar surface area (TPSA) is 50.1 Å². The van der Waals surface area contributed by atoms with Crippen molar-refractivity contribution in [3.63, 3.8) is 0 Å². The quantitative estimate of drug-likeness (QED) is 0.813. The fourth-order valence-electron chi connectivity index (χ4n) is 2.06. The fourth-order valence-corrected chi connectivity index (χ4v) is 2.06. The number of para-hydroxylation sites is 2. The Labute approximate surface area is 94.0 Å². The van der Waals surface area contributed by atoms with E-state index in [1.54, 1.807) is 0 Å². The Morgan fingerprint density at radius 1 is 1.44 bits per heavy atom. The molecule has 1 aromatic carbocycles. The lowest BCUT2D eigenvalue weighted by molar-refractivity contribution is 0.460. The van der Waals surface area contributed by atoms with Crippen LogP contribution in [0.2, 0.25) is 0 Å². The van der Waals surface area contributed by atoms with E-state index in [-0.39, 0.29) is 0 Å². The van der Waals surface area contributed by atoms with E-state index in [2.05, 4.69) is 15.6 Å². The van der Waals surface area contributed by atoms with Gasteiger partial charge in [-0.25, -0.2) is 4.98 Å². The largest absolute Gasteiger partial charge is 0.439 e. The Kier molecular flexibility index (Phi) is 2.60. The van der Waals surface area contributed by atoms with Crippen molar-refractivity contribution in [2.24, 2.45) is 0 Å². The predicted molar refractivity (Wildman–Crippen MR) is 62.1 cm³/mol. The van der Waals surface area contributed by atoms with Gasteiger partial charge in [-0.05, 0) is 25.1 Å². The summed E-state index contributed by atoms with van der Waals surface area (Å²) in [7, 11) is 0. The molecule has 0 radical (unpaired) electrons. The molecule has 0 aliphatic carbocycles. The van der Waals surface area contributed by atoms with Gasteiger partial charge >= 0.3 is 0 Å². The SMILES string of the molecule is c1ccc2oc(CN[C@@H]3CCNC3)nc2c1. The summed E-state index contributed by atoms with van der Waals surface area (Å²) in [6, 6.07) is 8.41. The molecule has 4 nitrogen and oxygen atoms in total. The standard InChI is InChI=1S/C12H15N3O/c1-2-4-11-10(3-1)15-12(16-11)8-14-9-5-6-13-7-9/h1-4,9,13-14H,5-8H2/t9-/m1/s1. The van der Waals surface area contributed by atoms with Gasteiger partial charge in [0.2, 0.25) is 5.89 Å². The number of nitrogens with zero attached hydrogens (tertiary/aromatic N) is 1. The molecule has 2 N–H and O–H groups in total. The van der Waals surface area contributed by atoms with Crippen molar-refractivity contribution in [2.75, 3.05) is 13.1 Å². The summed E-state index contributed by atoms with van der Waals surface area (Å²) in [5, 5.41) is 6.76. The zero-order valence-electron chi connectivity index (χ0n) is 9.07. The van der Waals surface area contributed by atoms with E-state index in [9.17, 15) is 0 Å². The highest BCUT2D eigenvalue weighted by Crippen LogP contribution is 2.14. The molecule has 2 aromatic rings. The molecule has 1 aliphatic rings. The zero-order valence-corrected chi connectivity index (χ0v) is 9.07. The highest BCUT2D eigenvalue weighted by molar-refractivity contribution is 5.72. The summed E-state index contributed by atoms with van der Waals surface area (Å²) in [4.78, 5) is 4.42. The molecule has 1 atom stereocenters. The van der Waals surface area contributed by atoms with Crippen LogP contribution in [0.1, 0.15) is 12.3 Å². The number of aromatic nitrogens is 1. The van der Waals surface area contributed by atoms with Crippen molar-refractivity contribution in [2.45, 2.75) is 19.0 Å². The highest BCUT2D eigenvalue weighted by atomic mass is 16.3. The Morgan fingerprint density at radius 3 is 3.19 bits per heavy atom. The minimum atomic E-state index is 0.551. The van der Waals surface area contributed by atoms with Gasteiger partial charge in [-0.2, -0.15) is 0 Å². The van der Waals surface area contributed by atoms with Crippen molar-refractivity contribution in [3.8, 4) is 0 Å². The maximum Gasteiger partial charge on any atom is 0.209 e. The lowest BCUT2D eigenvalue weighted by atomic mass is 10.2. The summed E-state index contributed by atoms with van der Waals surface area (Å²) in [6.45, 7) is 2.85. The van der Waals surface area contributed by atoms with Gasteiger partial charge < -0.3 is 15.1 Å². The second-order valence-electron chi connectivity index (χ2n) is 4.15. The third-order valence-corrected chi connectivity index (χ3v) is 2.94. The van der Waals surface area contributed by atoms with Gasteiger partial charge in [-0.3, -0.25) is 0 Å². The monoisotopic (exact) mass is 217 g/mol. The summed E-state index contributed by atoms with van der Waals surface area (Å²) in [5.74, 6) is 0.771. The van der Waals surface area contributed by atoms with Gasteiger partial charge in [0.25, 0.3) is 0 Å². The molecule has 3 rings (SSSR count). The first-order valence-corrected chi connectivity index (χ1v) is 5.70. The van der Waals surface area contributed by atoms with Crippen molar-refractivity contribution in [3.05, 3.63) is 30.2 Å². The first kappa shape index (κ1) is 9.81.